The van der Waals surface area contributed by atoms with Gasteiger partial charge < -0.3 is 11.1 Å². The summed E-state index contributed by atoms with van der Waals surface area (Å²) >= 11 is 0. The number of hydrogen-bond acceptors (Lipinski definition) is 3. The first-order valence-corrected chi connectivity index (χ1v) is 7.87. The maximum atomic E-state index is 12.3. The molecule has 1 saturated carbocycles. The number of pyridine rings is 1. The van der Waals surface area contributed by atoms with Crippen molar-refractivity contribution in [2.45, 2.75) is 46.0 Å². The summed E-state index contributed by atoms with van der Waals surface area (Å²) in [5.41, 5.74) is 6.04. The van der Waals surface area contributed by atoms with E-state index in [1.807, 2.05) is 0 Å². The molecule has 0 spiro atoms. The molecule has 2 rings (SSSR count). The molecule has 120 valence electrons. The van der Waals surface area contributed by atoms with Crippen molar-refractivity contribution < 1.29 is 9.59 Å². The number of nitrogens with one attached hydrogen (secondary N) is 1. The number of nitrogens with zero attached hydrogens (tertiary/aromatic N) is 1. The summed E-state index contributed by atoms with van der Waals surface area (Å²) in [7, 11) is 0. The number of nitrogens with two attached hydrogens (primary N) is 1. The monoisotopic (exact) mass is 303 g/mol. The molecule has 0 aromatic carbocycles. The van der Waals surface area contributed by atoms with E-state index in [1.54, 1.807) is 24.5 Å². The molecule has 0 aliphatic heterocycles. The van der Waals surface area contributed by atoms with Crippen molar-refractivity contribution in [2.24, 2.45) is 23.0 Å². The van der Waals surface area contributed by atoms with Crippen LogP contribution >= 0.6 is 0 Å². The second-order valence-corrected chi connectivity index (χ2v) is 6.91. The van der Waals surface area contributed by atoms with Gasteiger partial charge in [0.15, 0.2) is 0 Å². The van der Waals surface area contributed by atoms with Crippen molar-refractivity contribution in [1.29, 1.82) is 0 Å². The van der Waals surface area contributed by atoms with Crippen LogP contribution < -0.4 is 11.1 Å². The van der Waals surface area contributed by atoms with Crippen LogP contribution in [0.25, 0.3) is 0 Å². The summed E-state index contributed by atoms with van der Waals surface area (Å²) in [6.45, 7) is 4.19. The van der Waals surface area contributed by atoms with Gasteiger partial charge in [-0.05, 0) is 49.1 Å². The highest BCUT2D eigenvalue weighted by atomic mass is 16.2. The van der Waals surface area contributed by atoms with Gasteiger partial charge in [-0.2, -0.15) is 0 Å². The Kier molecular flexibility index (Phi) is 5.16. The van der Waals surface area contributed by atoms with Gasteiger partial charge in [0.25, 0.3) is 0 Å². The largest absolute Gasteiger partial charge is 0.370 e. The third-order valence-electron chi connectivity index (χ3n) is 4.78. The fourth-order valence-electron chi connectivity index (χ4n) is 3.41. The molecule has 1 aromatic heterocycles. The van der Waals surface area contributed by atoms with E-state index in [2.05, 4.69) is 24.1 Å². The van der Waals surface area contributed by atoms with Crippen LogP contribution in [0.3, 0.4) is 0 Å². The van der Waals surface area contributed by atoms with Gasteiger partial charge in [0.2, 0.25) is 11.8 Å². The van der Waals surface area contributed by atoms with Gasteiger partial charge in [-0.25, -0.2) is 0 Å². The fraction of sp³-hybridized carbons (Fsp3) is 0.588. The van der Waals surface area contributed by atoms with Gasteiger partial charge in [-0.15, -0.1) is 0 Å². The number of carbonyl (C=O) groups is 2. The van der Waals surface area contributed by atoms with Crippen LogP contribution in [0.5, 0.6) is 0 Å². The number of rotatable bonds is 5. The predicted octanol–water partition coefficient (Wildman–Crippen LogP) is 2.73. The summed E-state index contributed by atoms with van der Waals surface area (Å²) in [5, 5.41) is 2.94. The zero-order valence-electron chi connectivity index (χ0n) is 13.3. The average molecular weight is 303 g/mol. The number of aromatic nitrogens is 1. The van der Waals surface area contributed by atoms with Gasteiger partial charge in [0.05, 0.1) is 0 Å². The summed E-state index contributed by atoms with van der Waals surface area (Å²) < 4.78 is 0. The zero-order valence-corrected chi connectivity index (χ0v) is 13.3. The van der Waals surface area contributed by atoms with Gasteiger partial charge in [-0.1, -0.05) is 13.8 Å². The molecule has 3 N–H and O–H groups in total. The van der Waals surface area contributed by atoms with Crippen LogP contribution in [0.1, 0.15) is 46.0 Å². The number of amides is 2. The van der Waals surface area contributed by atoms with Crippen LogP contribution in [0.4, 0.5) is 5.69 Å². The van der Waals surface area contributed by atoms with E-state index in [9.17, 15) is 9.59 Å². The van der Waals surface area contributed by atoms with E-state index in [-0.39, 0.29) is 23.1 Å². The molecule has 2 amide bonds. The normalized spacial score (nSPS) is 22.1. The fourth-order valence-corrected chi connectivity index (χ4v) is 3.41. The van der Waals surface area contributed by atoms with E-state index in [0.717, 1.165) is 31.4 Å². The Morgan fingerprint density at radius 1 is 1.23 bits per heavy atom. The third-order valence-corrected chi connectivity index (χ3v) is 4.78. The second kappa shape index (κ2) is 6.90. The van der Waals surface area contributed by atoms with Crippen molar-refractivity contribution >= 4 is 17.5 Å². The summed E-state index contributed by atoms with van der Waals surface area (Å²) in [5.74, 6) is 0.332. The van der Waals surface area contributed by atoms with Crippen LogP contribution in [-0.2, 0) is 9.59 Å². The molecule has 1 aliphatic rings. The average Bonchev–Trinajstić information content (AvgIpc) is 2.47. The van der Waals surface area contributed by atoms with Gasteiger partial charge in [0.1, 0.15) is 0 Å². The Bertz CT molecular complexity index is 520. The van der Waals surface area contributed by atoms with Gasteiger partial charge in [0, 0.05) is 30.4 Å². The molecule has 0 bridgehead atoms. The summed E-state index contributed by atoms with van der Waals surface area (Å²) in [6, 6.07) is 3.58. The molecule has 0 atom stereocenters. The lowest BCUT2D eigenvalue weighted by Crippen LogP contribution is -2.35. The molecule has 22 heavy (non-hydrogen) atoms. The number of hydrogen-bond donors (Lipinski definition) is 2. The van der Waals surface area contributed by atoms with Gasteiger partial charge in [-0.3, -0.25) is 14.6 Å². The Balaban J connectivity index is 1.86. The minimum atomic E-state index is -0.248. The maximum Gasteiger partial charge on any atom is 0.227 e. The molecular weight excluding hydrogens is 278 g/mol. The predicted molar refractivity (Wildman–Crippen MR) is 85.9 cm³/mol. The third kappa shape index (κ3) is 4.29. The van der Waals surface area contributed by atoms with Crippen molar-refractivity contribution in [3.8, 4) is 0 Å². The first-order valence-electron chi connectivity index (χ1n) is 7.87. The molecular formula is C17H25N3O2. The minimum Gasteiger partial charge on any atom is -0.370 e. The Labute approximate surface area is 131 Å². The second-order valence-electron chi connectivity index (χ2n) is 6.91. The quantitative estimate of drug-likeness (QED) is 0.877. The van der Waals surface area contributed by atoms with Gasteiger partial charge >= 0.3 is 0 Å². The molecule has 1 heterocycles. The summed E-state index contributed by atoms with van der Waals surface area (Å²) in [4.78, 5) is 27.4. The van der Waals surface area contributed by atoms with Crippen molar-refractivity contribution in [3.63, 3.8) is 0 Å². The maximum absolute atomic E-state index is 12.3. The Morgan fingerprint density at radius 2 is 1.82 bits per heavy atom. The number of anilines is 1. The van der Waals surface area contributed by atoms with Crippen LogP contribution in [0, 0.1) is 17.3 Å². The number of carbonyl (C=O) groups excluding carboxylic acids is 2. The van der Waals surface area contributed by atoms with Crippen molar-refractivity contribution in [2.75, 3.05) is 5.32 Å². The molecule has 0 radical (unpaired) electrons. The topological polar surface area (TPSA) is 85.1 Å². The zero-order chi connectivity index (χ0) is 16.2. The summed E-state index contributed by atoms with van der Waals surface area (Å²) in [6.07, 6.45) is 7.40. The van der Waals surface area contributed by atoms with E-state index in [0.29, 0.717) is 12.3 Å². The minimum absolute atomic E-state index is 0.0498. The van der Waals surface area contributed by atoms with E-state index >= 15 is 0 Å². The van der Waals surface area contributed by atoms with Crippen LogP contribution in [0.2, 0.25) is 0 Å². The highest BCUT2D eigenvalue weighted by Crippen LogP contribution is 2.42. The Hall–Kier alpha value is -1.91. The molecule has 1 fully saturated rings. The van der Waals surface area contributed by atoms with E-state index < -0.39 is 0 Å². The molecule has 0 unspecified atom stereocenters. The van der Waals surface area contributed by atoms with Crippen LogP contribution in [-0.4, -0.2) is 16.8 Å². The lowest BCUT2D eigenvalue weighted by atomic mass is 9.67. The van der Waals surface area contributed by atoms with E-state index in [1.165, 1.54) is 0 Å². The molecule has 1 aliphatic carbocycles. The number of primary amides is 1. The highest BCUT2D eigenvalue weighted by Gasteiger charge is 2.35. The SMILES string of the molecule is CC(C)(CC(N)=O)C1CCC(C(=O)Nc2ccncc2)CC1. The van der Waals surface area contributed by atoms with E-state index in [4.69, 9.17) is 5.73 Å². The molecule has 5 nitrogen and oxygen atoms in total. The van der Waals surface area contributed by atoms with Crippen LogP contribution in [0.15, 0.2) is 24.5 Å². The smallest absolute Gasteiger partial charge is 0.227 e. The molecule has 1 aromatic rings. The standard InChI is InChI=1S/C17H25N3O2/c1-17(2,11-15(18)21)13-5-3-12(4-6-13)16(22)20-14-7-9-19-10-8-14/h7-10,12-13H,3-6,11H2,1-2H3,(H2,18,21)(H,19,20,22). The lowest BCUT2D eigenvalue weighted by Gasteiger charge is -2.38. The van der Waals surface area contributed by atoms with Crippen molar-refractivity contribution in [3.05, 3.63) is 24.5 Å². The first-order chi connectivity index (χ1) is 10.4. The molecule has 5 heteroatoms. The first kappa shape index (κ1) is 16.5. The van der Waals surface area contributed by atoms with Crippen molar-refractivity contribution in [1.82, 2.24) is 4.98 Å². The highest BCUT2D eigenvalue weighted by molar-refractivity contribution is 5.92. The Morgan fingerprint density at radius 3 is 2.36 bits per heavy atom. The lowest BCUT2D eigenvalue weighted by molar-refractivity contribution is -0.123. The molecule has 0 saturated heterocycles.